The van der Waals surface area contributed by atoms with Crippen LogP contribution in [0.4, 0.5) is 4.79 Å². The molecule has 5 nitrogen and oxygen atoms in total. The summed E-state index contributed by atoms with van der Waals surface area (Å²) in [5.41, 5.74) is 0. The second-order valence-corrected chi connectivity index (χ2v) is 3.80. The summed E-state index contributed by atoms with van der Waals surface area (Å²) in [6.07, 6.45) is 1.63. The second-order valence-electron chi connectivity index (χ2n) is 3.36. The van der Waals surface area contributed by atoms with Crippen molar-refractivity contribution in [1.82, 2.24) is 10.6 Å². The van der Waals surface area contributed by atoms with Gasteiger partial charge in [-0.25, -0.2) is 9.59 Å². The summed E-state index contributed by atoms with van der Waals surface area (Å²) in [4.78, 5) is 23.0. The molecule has 2 N–H and O–H groups in total. The van der Waals surface area contributed by atoms with Crippen LogP contribution in [0.25, 0.3) is 0 Å². The highest BCUT2D eigenvalue weighted by Gasteiger charge is 2.37. The number of nitrogens with one attached hydrogen (secondary N) is 2. The molecule has 1 fully saturated rings. The molecule has 2 amide bonds. The van der Waals surface area contributed by atoms with Crippen molar-refractivity contribution < 1.29 is 14.3 Å². The fraction of sp³-hybridized carbons (Fsp3) is 0.667. The molecule has 1 aliphatic heterocycles. The van der Waals surface area contributed by atoms with Crippen molar-refractivity contribution in [3.8, 4) is 0 Å². The summed E-state index contributed by atoms with van der Waals surface area (Å²) >= 11 is 5.03. The van der Waals surface area contributed by atoms with Gasteiger partial charge in [0.1, 0.15) is 6.04 Å². The lowest BCUT2D eigenvalue weighted by Crippen LogP contribution is -2.60. The number of esters is 1. The second kappa shape index (κ2) is 5.06. The molecule has 2 atom stereocenters. The molecule has 0 spiro atoms. The number of carbonyl (C=O) groups excluding carboxylic acids is 2. The standard InChI is InChI=1S/C9H14N2O3S/c1-3-4-5-6(8(12)14-2)10-9(13)11-7(5)15/h5-6H,3-4H2,1-2H3,(H2,10,11,13,15)/t5-,6+/m1/s1. The topological polar surface area (TPSA) is 67.4 Å². The average molecular weight is 230 g/mol. The third kappa shape index (κ3) is 2.65. The fourth-order valence-corrected chi connectivity index (χ4v) is 1.94. The van der Waals surface area contributed by atoms with Crippen molar-refractivity contribution >= 4 is 29.2 Å². The van der Waals surface area contributed by atoms with Crippen molar-refractivity contribution in [1.29, 1.82) is 0 Å². The molecule has 0 aliphatic carbocycles. The van der Waals surface area contributed by atoms with E-state index < -0.39 is 18.0 Å². The molecule has 1 aliphatic rings. The number of ether oxygens (including phenoxy) is 1. The molecular formula is C9H14N2O3S. The highest BCUT2D eigenvalue weighted by atomic mass is 32.1. The lowest BCUT2D eigenvalue weighted by Gasteiger charge is -2.31. The third-order valence-corrected chi connectivity index (χ3v) is 2.72. The van der Waals surface area contributed by atoms with Crippen LogP contribution < -0.4 is 10.6 Å². The maximum Gasteiger partial charge on any atom is 0.329 e. The van der Waals surface area contributed by atoms with Crippen LogP contribution in [-0.4, -0.2) is 30.1 Å². The highest BCUT2D eigenvalue weighted by molar-refractivity contribution is 7.80. The molecule has 0 saturated carbocycles. The third-order valence-electron chi connectivity index (χ3n) is 2.32. The molecule has 0 radical (unpaired) electrons. The van der Waals surface area contributed by atoms with E-state index >= 15 is 0 Å². The zero-order valence-electron chi connectivity index (χ0n) is 8.70. The van der Waals surface area contributed by atoms with Crippen LogP contribution in [0.2, 0.25) is 0 Å². The van der Waals surface area contributed by atoms with E-state index in [0.717, 1.165) is 12.8 Å². The minimum Gasteiger partial charge on any atom is -0.467 e. The van der Waals surface area contributed by atoms with Crippen LogP contribution in [0.15, 0.2) is 0 Å². The SMILES string of the molecule is CCC[C@H]1C(=S)NC(=O)N[C@@H]1C(=O)OC. The zero-order chi connectivity index (χ0) is 11.4. The zero-order valence-corrected chi connectivity index (χ0v) is 9.52. The van der Waals surface area contributed by atoms with Crippen molar-refractivity contribution in [3.05, 3.63) is 0 Å². The van der Waals surface area contributed by atoms with E-state index in [-0.39, 0.29) is 5.92 Å². The Morgan fingerprint density at radius 3 is 2.80 bits per heavy atom. The molecule has 1 saturated heterocycles. The first-order chi connectivity index (χ1) is 7.10. The number of urea groups is 1. The van der Waals surface area contributed by atoms with Crippen LogP contribution in [0.5, 0.6) is 0 Å². The molecule has 6 heteroatoms. The Balaban J connectivity index is 2.81. The summed E-state index contributed by atoms with van der Waals surface area (Å²) in [7, 11) is 1.29. The van der Waals surface area contributed by atoms with Gasteiger partial charge in [0, 0.05) is 5.92 Å². The van der Waals surface area contributed by atoms with Crippen LogP contribution in [-0.2, 0) is 9.53 Å². The van der Waals surface area contributed by atoms with E-state index in [1.807, 2.05) is 6.92 Å². The maximum atomic E-state index is 11.4. The quantitative estimate of drug-likeness (QED) is 0.550. The minimum absolute atomic E-state index is 0.171. The molecule has 0 bridgehead atoms. The lowest BCUT2D eigenvalue weighted by molar-refractivity contribution is -0.143. The number of hydrogen-bond acceptors (Lipinski definition) is 4. The van der Waals surface area contributed by atoms with E-state index in [2.05, 4.69) is 15.4 Å². The van der Waals surface area contributed by atoms with Crippen molar-refractivity contribution in [3.63, 3.8) is 0 Å². The summed E-state index contributed by atoms with van der Waals surface area (Å²) in [5, 5.41) is 5.02. The van der Waals surface area contributed by atoms with Gasteiger partial charge < -0.3 is 15.4 Å². The normalized spacial score (nSPS) is 25.5. The predicted octanol–water partition coefficient (Wildman–Crippen LogP) is 0.584. The van der Waals surface area contributed by atoms with Gasteiger partial charge in [-0.05, 0) is 6.42 Å². The van der Waals surface area contributed by atoms with Gasteiger partial charge in [-0.15, -0.1) is 0 Å². The predicted molar refractivity (Wildman–Crippen MR) is 58.5 cm³/mol. The molecule has 0 aromatic rings. The number of carbonyl (C=O) groups is 2. The summed E-state index contributed by atoms with van der Waals surface area (Å²) in [6.45, 7) is 1.99. The van der Waals surface area contributed by atoms with E-state index in [1.165, 1.54) is 7.11 Å². The molecule has 0 unspecified atom stereocenters. The summed E-state index contributed by atoms with van der Waals surface area (Å²) in [5.74, 6) is -0.624. The van der Waals surface area contributed by atoms with Gasteiger partial charge in [0.2, 0.25) is 0 Å². The first kappa shape index (κ1) is 11.9. The Morgan fingerprint density at radius 1 is 1.60 bits per heavy atom. The monoisotopic (exact) mass is 230 g/mol. The molecule has 0 aromatic heterocycles. The summed E-state index contributed by atoms with van der Waals surface area (Å²) < 4.78 is 4.62. The first-order valence-electron chi connectivity index (χ1n) is 4.79. The molecule has 15 heavy (non-hydrogen) atoms. The molecule has 1 rings (SSSR count). The van der Waals surface area contributed by atoms with Gasteiger partial charge in [0.25, 0.3) is 0 Å². The van der Waals surface area contributed by atoms with Gasteiger partial charge in [0.05, 0.1) is 12.1 Å². The number of methoxy groups -OCH3 is 1. The Bertz CT molecular complexity index is 293. The van der Waals surface area contributed by atoms with Gasteiger partial charge in [-0.3, -0.25) is 0 Å². The Labute approximate surface area is 93.5 Å². The lowest BCUT2D eigenvalue weighted by atomic mass is 9.93. The number of hydrogen-bond donors (Lipinski definition) is 2. The number of amides is 2. The Kier molecular flexibility index (Phi) is 4.02. The number of thiocarbonyl (C=S) groups is 1. The van der Waals surface area contributed by atoms with Gasteiger partial charge in [0.15, 0.2) is 0 Å². The van der Waals surface area contributed by atoms with E-state index in [1.54, 1.807) is 0 Å². The average Bonchev–Trinajstić information content (AvgIpc) is 2.20. The van der Waals surface area contributed by atoms with Crippen molar-refractivity contribution in [2.24, 2.45) is 5.92 Å². The maximum absolute atomic E-state index is 11.4. The van der Waals surface area contributed by atoms with Gasteiger partial charge in [-0.2, -0.15) is 0 Å². The molecule has 0 aromatic carbocycles. The largest absolute Gasteiger partial charge is 0.467 e. The Hall–Kier alpha value is -1.17. The van der Waals surface area contributed by atoms with Crippen molar-refractivity contribution in [2.45, 2.75) is 25.8 Å². The smallest absolute Gasteiger partial charge is 0.329 e. The fourth-order valence-electron chi connectivity index (χ4n) is 1.59. The molecular weight excluding hydrogens is 216 g/mol. The Morgan fingerprint density at radius 2 is 2.27 bits per heavy atom. The van der Waals surface area contributed by atoms with Crippen LogP contribution in [0.3, 0.4) is 0 Å². The van der Waals surface area contributed by atoms with Gasteiger partial charge in [-0.1, -0.05) is 25.6 Å². The van der Waals surface area contributed by atoms with Crippen LogP contribution in [0.1, 0.15) is 19.8 Å². The molecule has 1 heterocycles. The first-order valence-corrected chi connectivity index (χ1v) is 5.20. The van der Waals surface area contributed by atoms with Crippen LogP contribution in [0, 0.1) is 5.92 Å². The van der Waals surface area contributed by atoms with Gasteiger partial charge >= 0.3 is 12.0 Å². The van der Waals surface area contributed by atoms with Crippen molar-refractivity contribution in [2.75, 3.05) is 7.11 Å². The van der Waals surface area contributed by atoms with E-state index in [9.17, 15) is 9.59 Å². The highest BCUT2D eigenvalue weighted by Crippen LogP contribution is 2.17. The molecule has 84 valence electrons. The summed E-state index contributed by atoms with van der Waals surface area (Å²) in [6, 6.07) is -1.10. The number of rotatable bonds is 3. The van der Waals surface area contributed by atoms with Crippen LogP contribution >= 0.6 is 12.2 Å². The van der Waals surface area contributed by atoms with E-state index in [0.29, 0.717) is 4.99 Å². The van der Waals surface area contributed by atoms with E-state index in [4.69, 9.17) is 12.2 Å². The minimum atomic E-state index is -0.656.